The average molecular weight is 390 g/mol. The van der Waals surface area contributed by atoms with Crippen molar-refractivity contribution in [3.63, 3.8) is 0 Å². The minimum Gasteiger partial charge on any atom is -0.334 e. The van der Waals surface area contributed by atoms with Gasteiger partial charge in [0.05, 0.1) is 31.5 Å². The molecule has 0 saturated heterocycles. The molecule has 0 fully saturated rings. The van der Waals surface area contributed by atoms with Crippen LogP contribution in [0.4, 0.5) is 0 Å². The van der Waals surface area contributed by atoms with Gasteiger partial charge in [-0.1, -0.05) is 30.7 Å². The van der Waals surface area contributed by atoms with Crippen LogP contribution < -0.4 is 0 Å². The molecule has 0 unspecified atom stereocenters. The Morgan fingerprint density at radius 3 is 2.59 bits per heavy atom. The second-order valence-corrected chi connectivity index (χ2v) is 7.76. The van der Waals surface area contributed by atoms with Gasteiger partial charge in [0.25, 0.3) is 0 Å². The molecule has 2 aromatic rings. The van der Waals surface area contributed by atoms with Gasteiger partial charge >= 0.3 is 0 Å². The number of carbonyl (C=O) groups is 1. The molecule has 7 heteroatoms. The maximum Gasteiger partial charge on any atom is 0.237 e. The zero-order valence-corrected chi connectivity index (χ0v) is 17.1. The Bertz CT molecular complexity index is 771. The summed E-state index contributed by atoms with van der Waals surface area (Å²) < 4.78 is 2.04. The molecular weight excluding hydrogens is 362 g/mol. The van der Waals surface area contributed by atoms with Crippen molar-refractivity contribution >= 4 is 17.5 Å². The second-order valence-electron chi connectivity index (χ2n) is 7.32. The van der Waals surface area contributed by atoms with Gasteiger partial charge in [0.15, 0.2) is 0 Å². The van der Waals surface area contributed by atoms with Gasteiger partial charge in [0.1, 0.15) is 0 Å². The van der Waals surface area contributed by atoms with Crippen LogP contribution in [0, 0.1) is 0 Å². The van der Waals surface area contributed by atoms with Crippen molar-refractivity contribution in [2.24, 2.45) is 0 Å². The molecular formula is C20H28ClN5O. The first-order valence-corrected chi connectivity index (χ1v) is 9.77. The number of fused-ring (bicyclic) bond motifs is 1. The highest BCUT2D eigenvalue weighted by Gasteiger charge is 2.25. The summed E-state index contributed by atoms with van der Waals surface area (Å²) in [5.41, 5.74) is 3.52. The van der Waals surface area contributed by atoms with Crippen molar-refractivity contribution in [1.82, 2.24) is 24.5 Å². The summed E-state index contributed by atoms with van der Waals surface area (Å²) in [4.78, 5) is 19.2. The molecule has 146 valence electrons. The van der Waals surface area contributed by atoms with E-state index in [1.807, 2.05) is 54.1 Å². The van der Waals surface area contributed by atoms with Gasteiger partial charge in [-0.15, -0.1) is 0 Å². The zero-order valence-electron chi connectivity index (χ0n) is 16.4. The molecule has 6 nitrogen and oxygen atoms in total. The Balaban J connectivity index is 1.62. The van der Waals surface area contributed by atoms with Crippen LogP contribution in [-0.2, 0) is 31.0 Å². The summed E-state index contributed by atoms with van der Waals surface area (Å²) in [6.07, 6.45) is 1.93. The third-order valence-electron chi connectivity index (χ3n) is 4.92. The fourth-order valence-corrected chi connectivity index (χ4v) is 3.53. The minimum absolute atomic E-state index is 0.175. The third kappa shape index (κ3) is 5.09. The first-order valence-electron chi connectivity index (χ1n) is 9.39. The van der Waals surface area contributed by atoms with Gasteiger partial charge in [0, 0.05) is 30.2 Å². The topological polar surface area (TPSA) is 44.6 Å². The van der Waals surface area contributed by atoms with Crippen LogP contribution in [0.3, 0.4) is 0 Å². The highest BCUT2D eigenvalue weighted by molar-refractivity contribution is 6.30. The molecule has 0 aliphatic carbocycles. The lowest BCUT2D eigenvalue weighted by Gasteiger charge is -2.31. The number of hydrogen-bond donors (Lipinski definition) is 0. The Kier molecular flexibility index (Phi) is 6.52. The van der Waals surface area contributed by atoms with Gasteiger partial charge < -0.3 is 9.80 Å². The molecule has 0 radical (unpaired) electrons. The number of halogens is 1. The molecule has 1 aliphatic rings. The van der Waals surface area contributed by atoms with Crippen molar-refractivity contribution in [2.75, 3.05) is 33.7 Å². The van der Waals surface area contributed by atoms with Crippen LogP contribution in [0.25, 0.3) is 0 Å². The monoisotopic (exact) mass is 389 g/mol. The molecule has 0 saturated carbocycles. The lowest BCUT2D eigenvalue weighted by Crippen LogP contribution is -2.44. The zero-order chi connectivity index (χ0) is 19.4. The number of benzene rings is 1. The summed E-state index contributed by atoms with van der Waals surface area (Å²) >= 11 is 5.96. The lowest BCUT2D eigenvalue weighted by molar-refractivity contribution is -0.134. The lowest BCUT2D eigenvalue weighted by atomic mass is 10.2. The first kappa shape index (κ1) is 19.9. The Hall–Kier alpha value is -1.89. The number of rotatable bonds is 7. The van der Waals surface area contributed by atoms with Gasteiger partial charge in [-0.05, 0) is 38.3 Å². The van der Waals surface area contributed by atoms with E-state index in [0.29, 0.717) is 19.6 Å². The number of aromatic nitrogens is 2. The van der Waals surface area contributed by atoms with Crippen LogP contribution in [0.2, 0.25) is 5.02 Å². The number of carbonyl (C=O) groups excluding carboxylic acids is 1. The van der Waals surface area contributed by atoms with Crippen LogP contribution >= 0.6 is 11.6 Å². The van der Waals surface area contributed by atoms with Gasteiger partial charge in [-0.3, -0.25) is 14.4 Å². The SMILES string of the molecule is CCN(CC(=O)N1CCn2ncc(CN(C)C)c2C1)Cc1ccc(Cl)cc1. The van der Waals surface area contributed by atoms with E-state index in [4.69, 9.17) is 11.6 Å². The molecule has 1 aromatic carbocycles. The predicted octanol–water partition coefficient (Wildman–Crippen LogP) is 2.46. The fourth-order valence-electron chi connectivity index (χ4n) is 3.40. The van der Waals surface area contributed by atoms with Gasteiger partial charge in [-0.2, -0.15) is 5.10 Å². The number of hydrogen-bond acceptors (Lipinski definition) is 4. The van der Waals surface area contributed by atoms with Crippen LogP contribution in [0.1, 0.15) is 23.7 Å². The molecule has 27 heavy (non-hydrogen) atoms. The summed E-state index contributed by atoms with van der Waals surface area (Å²) in [6, 6.07) is 7.82. The average Bonchev–Trinajstić information content (AvgIpc) is 3.04. The Morgan fingerprint density at radius 1 is 1.19 bits per heavy atom. The molecule has 0 spiro atoms. The molecule has 1 aromatic heterocycles. The van der Waals surface area contributed by atoms with E-state index in [-0.39, 0.29) is 5.91 Å². The minimum atomic E-state index is 0.175. The van der Waals surface area contributed by atoms with E-state index < -0.39 is 0 Å². The molecule has 1 amide bonds. The summed E-state index contributed by atoms with van der Waals surface area (Å²) in [7, 11) is 4.09. The van der Waals surface area contributed by atoms with Crippen molar-refractivity contribution in [3.05, 3.63) is 52.3 Å². The van der Waals surface area contributed by atoms with Crippen molar-refractivity contribution in [1.29, 1.82) is 0 Å². The number of likely N-dealkylation sites (N-methyl/N-ethyl adjacent to an activating group) is 1. The molecule has 1 aliphatic heterocycles. The standard InChI is InChI=1S/C20H28ClN5O/c1-4-24(12-16-5-7-18(21)8-6-16)15-20(27)25-9-10-26-19(14-25)17(11-22-26)13-23(2)3/h5-8,11H,4,9-10,12-15H2,1-3H3. The largest absolute Gasteiger partial charge is 0.334 e. The third-order valence-corrected chi connectivity index (χ3v) is 5.17. The van der Waals surface area contributed by atoms with Crippen molar-refractivity contribution in [2.45, 2.75) is 33.1 Å². The smallest absolute Gasteiger partial charge is 0.237 e. The van der Waals surface area contributed by atoms with E-state index in [9.17, 15) is 4.79 Å². The highest BCUT2D eigenvalue weighted by Crippen LogP contribution is 2.18. The second kappa shape index (κ2) is 8.87. The highest BCUT2D eigenvalue weighted by atomic mass is 35.5. The molecule has 2 heterocycles. The van der Waals surface area contributed by atoms with Gasteiger partial charge in [-0.25, -0.2) is 0 Å². The normalized spacial score (nSPS) is 14.1. The van der Waals surface area contributed by atoms with E-state index in [2.05, 4.69) is 21.8 Å². The van der Waals surface area contributed by atoms with Crippen LogP contribution in [-0.4, -0.2) is 64.1 Å². The fraction of sp³-hybridized carbons (Fsp3) is 0.500. The molecule has 0 bridgehead atoms. The Morgan fingerprint density at radius 2 is 1.93 bits per heavy atom. The van der Waals surface area contributed by atoms with E-state index in [1.54, 1.807) is 0 Å². The quantitative estimate of drug-likeness (QED) is 0.729. The van der Waals surface area contributed by atoms with Gasteiger partial charge in [0.2, 0.25) is 5.91 Å². The van der Waals surface area contributed by atoms with Crippen molar-refractivity contribution < 1.29 is 4.79 Å². The van der Waals surface area contributed by atoms with Crippen molar-refractivity contribution in [3.8, 4) is 0 Å². The molecule has 0 N–H and O–H groups in total. The molecule has 0 atom stereocenters. The van der Waals surface area contributed by atoms with E-state index >= 15 is 0 Å². The Labute approximate surface area is 166 Å². The first-order chi connectivity index (χ1) is 13.0. The molecule has 3 rings (SSSR count). The van der Waals surface area contributed by atoms with E-state index in [1.165, 1.54) is 11.1 Å². The number of nitrogens with zero attached hydrogens (tertiary/aromatic N) is 5. The van der Waals surface area contributed by atoms with Crippen LogP contribution in [0.15, 0.2) is 30.5 Å². The summed E-state index contributed by atoms with van der Waals surface area (Å²) in [6.45, 7) is 7.05. The summed E-state index contributed by atoms with van der Waals surface area (Å²) in [5.74, 6) is 0.175. The predicted molar refractivity (Wildman–Crippen MR) is 107 cm³/mol. The summed E-state index contributed by atoms with van der Waals surface area (Å²) in [5, 5.41) is 5.21. The maximum atomic E-state index is 12.9. The maximum absolute atomic E-state index is 12.9. The van der Waals surface area contributed by atoms with Crippen LogP contribution in [0.5, 0.6) is 0 Å². The van der Waals surface area contributed by atoms with E-state index in [0.717, 1.165) is 36.9 Å². The number of amides is 1.